The maximum atomic E-state index is 12.7. The largest absolute Gasteiger partial charge is 0.468 e. The van der Waals surface area contributed by atoms with E-state index in [-0.39, 0.29) is 17.4 Å². The second-order valence-corrected chi connectivity index (χ2v) is 7.81. The van der Waals surface area contributed by atoms with Crippen LogP contribution in [0.25, 0.3) is 11.4 Å². The third-order valence-electron chi connectivity index (χ3n) is 4.96. The average Bonchev–Trinajstić information content (AvgIpc) is 3.26. The van der Waals surface area contributed by atoms with E-state index in [1.807, 2.05) is 12.1 Å². The van der Waals surface area contributed by atoms with Gasteiger partial charge in [-0.05, 0) is 30.3 Å². The topological polar surface area (TPSA) is 84.6 Å². The van der Waals surface area contributed by atoms with E-state index >= 15 is 0 Å². The fraction of sp³-hybridized carbons (Fsp3) is 0.333. The Bertz CT molecular complexity index is 1080. The maximum absolute atomic E-state index is 12.7. The Hall–Kier alpha value is -3.18. The summed E-state index contributed by atoms with van der Waals surface area (Å²) in [6, 6.07) is 9.78. The Kier molecular flexibility index (Phi) is 6.80. The molecule has 1 aromatic carbocycles. The number of ether oxygens (including phenoxy) is 1. The van der Waals surface area contributed by atoms with E-state index in [2.05, 4.69) is 24.8 Å². The summed E-state index contributed by atoms with van der Waals surface area (Å²) < 4.78 is 46.6. The van der Waals surface area contributed by atoms with Crippen molar-refractivity contribution in [1.29, 1.82) is 0 Å². The molecule has 0 aliphatic carbocycles. The summed E-state index contributed by atoms with van der Waals surface area (Å²) >= 11 is 5.90. The van der Waals surface area contributed by atoms with E-state index < -0.39 is 12.8 Å². The van der Waals surface area contributed by atoms with Crippen molar-refractivity contribution < 1.29 is 27.2 Å². The molecule has 0 radical (unpaired) electrons. The van der Waals surface area contributed by atoms with Gasteiger partial charge in [0.05, 0.1) is 12.1 Å². The maximum Gasteiger partial charge on any atom is 0.422 e. The highest BCUT2D eigenvalue weighted by molar-refractivity contribution is 6.30. The zero-order valence-electron chi connectivity index (χ0n) is 17.3. The van der Waals surface area contributed by atoms with Crippen LogP contribution in [0.15, 0.2) is 47.1 Å². The number of carbonyl (C=O) groups is 1. The first-order valence-electron chi connectivity index (χ1n) is 10.0. The fourth-order valence-corrected chi connectivity index (χ4v) is 3.39. The number of hydrogen-bond donors (Lipinski definition) is 0. The lowest BCUT2D eigenvalue weighted by molar-refractivity contribution is -0.154. The summed E-state index contributed by atoms with van der Waals surface area (Å²) in [4.78, 5) is 24.6. The van der Waals surface area contributed by atoms with Crippen LogP contribution < -0.4 is 4.74 Å². The minimum atomic E-state index is -4.45. The third kappa shape index (κ3) is 6.20. The fourth-order valence-electron chi connectivity index (χ4n) is 3.27. The van der Waals surface area contributed by atoms with Gasteiger partial charge in [0.25, 0.3) is 5.91 Å². The molecule has 0 unspecified atom stereocenters. The highest BCUT2D eigenvalue weighted by atomic mass is 35.5. The molecule has 0 N–H and O–H groups in total. The Balaban J connectivity index is 1.27. The number of carbonyl (C=O) groups excluding carboxylic acids is 1. The number of aromatic nitrogens is 3. The van der Waals surface area contributed by atoms with Gasteiger partial charge in [-0.2, -0.15) is 18.2 Å². The molecular formula is C21H19ClF3N5O3. The predicted molar refractivity (Wildman–Crippen MR) is 112 cm³/mol. The molecule has 1 aliphatic rings. The van der Waals surface area contributed by atoms with Crippen LogP contribution in [0.4, 0.5) is 13.2 Å². The van der Waals surface area contributed by atoms with E-state index in [4.69, 9.17) is 16.1 Å². The Labute approximate surface area is 191 Å². The Morgan fingerprint density at radius 1 is 1.09 bits per heavy atom. The lowest BCUT2D eigenvalue weighted by atomic mass is 10.2. The zero-order valence-corrected chi connectivity index (χ0v) is 18.0. The van der Waals surface area contributed by atoms with Crippen LogP contribution >= 0.6 is 11.6 Å². The molecule has 0 saturated carbocycles. The Morgan fingerprint density at radius 2 is 1.82 bits per heavy atom. The van der Waals surface area contributed by atoms with Crippen LogP contribution in [-0.4, -0.2) is 69.8 Å². The molecule has 2 aromatic heterocycles. The van der Waals surface area contributed by atoms with E-state index in [0.717, 1.165) is 5.56 Å². The first-order valence-corrected chi connectivity index (χ1v) is 10.4. The van der Waals surface area contributed by atoms with Gasteiger partial charge in [-0.3, -0.25) is 9.69 Å². The first-order chi connectivity index (χ1) is 15.8. The van der Waals surface area contributed by atoms with Gasteiger partial charge in [-0.25, -0.2) is 4.98 Å². The Morgan fingerprint density at radius 3 is 2.45 bits per heavy atom. The first kappa shape index (κ1) is 23.0. The van der Waals surface area contributed by atoms with E-state index in [1.54, 1.807) is 17.0 Å². The van der Waals surface area contributed by atoms with Crippen LogP contribution in [-0.2, 0) is 6.54 Å². The molecule has 12 heteroatoms. The summed E-state index contributed by atoms with van der Waals surface area (Å²) in [5.74, 6) is 0.516. The van der Waals surface area contributed by atoms with Gasteiger partial charge in [-0.1, -0.05) is 16.8 Å². The second kappa shape index (κ2) is 9.75. The summed E-state index contributed by atoms with van der Waals surface area (Å²) in [5, 5.41) is 4.62. The van der Waals surface area contributed by atoms with Gasteiger partial charge in [0.15, 0.2) is 6.61 Å². The number of benzene rings is 1. The zero-order chi connectivity index (χ0) is 23.4. The van der Waals surface area contributed by atoms with Crippen LogP contribution in [0, 0.1) is 0 Å². The summed E-state index contributed by atoms with van der Waals surface area (Å²) in [5.41, 5.74) is 1.08. The molecule has 3 heterocycles. The molecule has 0 spiro atoms. The number of alkyl halides is 3. The number of rotatable bonds is 6. The van der Waals surface area contributed by atoms with Crippen molar-refractivity contribution in [1.82, 2.24) is 24.9 Å². The molecule has 1 aliphatic heterocycles. The summed E-state index contributed by atoms with van der Waals surface area (Å²) in [6.07, 6.45) is -3.23. The van der Waals surface area contributed by atoms with Gasteiger partial charge in [0.2, 0.25) is 17.6 Å². The molecule has 1 saturated heterocycles. The van der Waals surface area contributed by atoms with Gasteiger partial charge in [-0.15, -0.1) is 0 Å². The van der Waals surface area contributed by atoms with Crippen molar-refractivity contribution in [3.05, 3.63) is 59.1 Å². The molecule has 33 heavy (non-hydrogen) atoms. The minimum absolute atomic E-state index is 0.189. The third-order valence-corrected chi connectivity index (χ3v) is 5.21. The second-order valence-electron chi connectivity index (χ2n) is 7.38. The molecule has 3 aromatic rings. The number of hydrogen-bond acceptors (Lipinski definition) is 7. The highest BCUT2D eigenvalue weighted by Crippen LogP contribution is 2.20. The SMILES string of the molecule is O=C(c1ccc(OCC(F)(F)F)nc1)N1CCN(Cc2nc(-c3ccc(Cl)cc3)no2)CC1. The minimum Gasteiger partial charge on any atom is -0.468 e. The number of amides is 1. The van der Waals surface area contributed by atoms with Crippen molar-refractivity contribution in [2.45, 2.75) is 12.7 Å². The van der Waals surface area contributed by atoms with Crippen molar-refractivity contribution in [2.24, 2.45) is 0 Å². The number of piperazine rings is 1. The van der Waals surface area contributed by atoms with Gasteiger partial charge in [0, 0.05) is 49.0 Å². The standard InChI is InChI=1S/C21H19ClF3N5O3/c22-16-4-1-14(2-5-16)19-27-18(33-28-19)12-29-7-9-30(10-8-29)20(31)15-3-6-17(26-11-15)32-13-21(23,24)25/h1-6,11H,7-10,12-13H2. The molecule has 0 atom stereocenters. The molecule has 0 bridgehead atoms. The van der Waals surface area contributed by atoms with Crippen molar-refractivity contribution in [3.63, 3.8) is 0 Å². The quantitative estimate of drug-likeness (QED) is 0.531. The molecule has 1 amide bonds. The smallest absolute Gasteiger partial charge is 0.422 e. The van der Waals surface area contributed by atoms with E-state index in [0.29, 0.717) is 49.5 Å². The van der Waals surface area contributed by atoms with Crippen LogP contribution in [0.5, 0.6) is 5.88 Å². The van der Waals surface area contributed by atoms with E-state index in [9.17, 15) is 18.0 Å². The number of halogens is 4. The van der Waals surface area contributed by atoms with E-state index in [1.165, 1.54) is 18.3 Å². The van der Waals surface area contributed by atoms with Crippen molar-refractivity contribution >= 4 is 17.5 Å². The van der Waals surface area contributed by atoms with Crippen molar-refractivity contribution in [2.75, 3.05) is 32.8 Å². The lowest BCUT2D eigenvalue weighted by Crippen LogP contribution is -2.48. The molecule has 174 valence electrons. The summed E-state index contributed by atoms with van der Waals surface area (Å²) in [6.45, 7) is 1.17. The van der Waals surface area contributed by atoms with Gasteiger partial charge < -0.3 is 14.2 Å². The average molecular weight is 482 g/mol. The molecule has 1 fully saturated rings. The molecule has 8 nitrogen and oxygen atoms in total. The van der Waals surface area contributed by atoms with Crippen LogP contribution in [0.3, 0.4) is 0 Å². The number of pyridine rings is 1. The highest BCUT2D eigenvalue weighted by Gasteiger charge is 2.29. The predicted octanol–water partition coefficient (Wildman–Crippen LogP) is 3.68. The normalized spacial score (nSPS) is 15.0. The van der Waals surface area contributed by atoms with Gasteiger partial charge in [0.1, 0.15) is 0 Å². The van der Waals surface area contributed by atoms with Crippen molar-refractivity contribution in [3.8, 4) is 17.3 Å². The molecular weight excluding hydrogens is 463 g/mol. The summed E-state index contributed by atoms with van der Waals surface area (Å²) in [7, 11) is 0. The monoisotopic (exact) mass is 481 g/mol. The molecule has 4 rings (SSSR count). The van der Waals surface area contributed by atoms with Crippen LogP contribution in [0.1, 0.15) is 16.2 Å². The lowest BCUT2D eigenvalue weighted by Gasteiger charge is -2.33. The van der Waals surface area contributed by atoms with Crippen LogP contribution in [0.2, 0.25) is 5.02 Å². The number of nitrogens with zero attached hydrogens (tertiary/aromatic N) is 5. The van der Waals surface area contributed by atoms with Gasteiger partial charge >= 0.3 is 6.18 Å².